The summed E-state index contributed by atoms with van der Waals surface area (Å²) in [5.41, 5.74) is 3.86. The summed E-state index contributed by atoms with van der Waals surface area (Å²) in [6.45, 7) is 2.32. The van der Waals surface area contributed by atoms with Gasteiger partial charge >= 0.3 is 6.09 Å². The van der Waals surface area contributed by atoms with Gasteiger partial charge in [0.25, 0.3) is 0 Å². The van der Waals surface area contributed by atoms with Crippen LogP contribution in [0.1, 0.15) is 48.1 Å². The van der Waals surface area contributed by atoms with E-state index < -0.39 is 6.09 Å². The number of hydrogen-bond donors (Lipinski definition) is 1. The van der Waals surface area contributed by atoms with Crippen LogP contribution in [0.2, 0.25) is 15.1 Å². The molecule has 0 atom stereocenters. The summed E-state index contributed by atoms with van der Waals surface area (Å²) >= 11 is 19.4. The first-order chi connectivity index (χ1) is 18.9. The first kappa shape index (κ1) is 27.0. The standard InChI is InChI=1S/C30H23Cl3N2O4/c1-2-35(30(36)37)21-6-3-5-18(15-21)9-10-19-13-14-22(16-26(19)33)38-17-23-28(34-39-29(23)20-11-12-20)27-24(31)7-4-8-25(27)32/h3-8,13-16,20H,2,11-12,17H2,1H3,(H,36,37). The number of ether oxygens (including phenoxy) is 1. The Bertz CT molecular complexity index is 1580. The quantitative estimate of drug-likeness (QED) is 0.221. The Hall–Kier alpha value is -3.63. The zero-order valence-corrected chi connectivity index (χ0v) is 23.1. The van der Waals surface area contributed by atoms with Gasteiger partial charge in [-0.2, -0.15) is 0 Å². The highest BCUT2D eigenvalue weighted by molar-refractivity contribution is 6.39. The van der Waals surface area contributed by atoms with Crippen molar-refractivity contribution in [2.45, 2.75) is 32.3 Å². The van der Waals surface area contributed by atoms with Crippen molar-refractivity contribution in [3.63, 3.8) is 0 Å². The molecule has 0 unspecified atom stereocenters. The fourth-order valence-electron chi connectivity index (χ4n) is 4.21. The van der Waals surface area contributed by atoms with Crippen molar-refractivity contribution in [2.75, 3.05) is 11.4 Å². The SMILES string of the molecule is CCN(C(=O)O)c1cccc(C#Cc2ccc(OCc3c(-c4c(Cl)cccc4Cl)noc3C3CC3)cc2Cl)c1. The topological polar surface area (TPSA) is 75.8 Å². The highest BCUT2D eigenvalue weighted by Crippen LogP contribution is 2.46. The summed E-state index contributed by atoms with van der Waals surface area (Å²) in [6, 6.07) is 17.6. The van der Waals surface area contributed by atoms with Gasteiger partial charge in [-0.15, -0.1) is 0 Å². The molecule has 3 aromatic carbocycles. The predicted octanol–water partition coefficient (Wildman–Crippen LogP) is 8.66. The van der Waals surface area contributed by atoms with Crippen LogP contribution >= 0.6 is 34.8 Å². The number of hydrogen-bond acceptors (Lipinski definition) is 4. The molecule has 1 saturated carbocycles. The summed E-state index contributed by atoms with van der Waals surface area (Å²) in [5.74, 6) is 7.78. The highest BCUT2D eigenvalue weighted by atomic mass is 35.5. The van der Waals surface area contributed by atoms with Crippen LogP contribution in [0.25, 0.3) is 11.3 Å². The molecule has 1 aromatic heterocycles. The maximum Gasteiger partial charge on any atom is 0.411 e. The number of amides is 1. The molecule has 1 aliphatic rings. The fourth-order valence-corrected chi connectivity index (χ4v) is 5.00. The average molecular weight is 582 g/mol. The maximum absolute atomic E-state index is 11.4. The van der Waals surface area contributed by atoms with Gasteiger partial charge in [0, 0.05) is 40.9 Å². The molecule has 0 bridgehead atoms. The van der Waals surface area contributed by atoms with E-state index in [1.165, 1.54) is 4.90 Å². The summed E-state index contributed by atoms with van der Waals surface area (Å²) < 4.78 is 11.8. The Labute approximate surface area is 241 Å². The van der Waals surface area contributed by atoms with Crippen molar-refractivity contribution in [3.8, 4) is 28.8 Å². The molecule has 4 aromatic rings. The van der Waals surface area contributed by atoms with Gasteiger partial charge < -0.3 is 14.4 Å². The van der Waals surface area contributed by atoms with Crippen LogP contribution in [-0.2, 0) is 6.61 Å². The Morgan fingerprint density at radius 1 is 1.05 bits per heavy atom. The lowest BCUT2D eigenvalue weighted by Crippen LogP contribution is -2.28. The smallest absolute Gasteiger partial charge is 0.411 e. The molecule has 5 rings (SSSR count). The molecule has 0 aliphatic heterocycles. The minimum absolute atomic E-state index is 0.206. The average Bonchev–Trinajstić information content (AvgIpc) is 3.67. The molecule has 0 spiro atoms. The Morgan fingerprint density at radius 2 is 1.79 bits per heavy atom. The zero-order chi connectivity index (χ0) is 27.5. The molecule has 1 fully saturated rings. The lowest BCUT2D eigenvalue weighted by molar-refractivity contribution is 0.202. The van der Waals surface area contributed by atoms with E-state index >= 15 is 0 Å². The molecule has 1 aliphatic carbocycles. The summed E-state index contributed by atoms with van der Waals surface area (Å²) in [6.07, 6.45) is 1.05. The van der Waals surface area contributed by atoms with Crippen molar-refractivity contribution in [2.24, 2.45) is 0 Å². The number of halogens is 3. The number of carboxylic acid groups (broad SMARTS) is 1. The number of anilines is 1. The summed E-state index contributed by atoms with van der Waals surface area (Å²) in [7, 11) is 0. The first-order valence-corrected chi connectivity index (χ1v) is 13.5. The molecule has 6 nitrogen and oxygen atoms in total. The van der Waals surface area contributed by atoms with Crippen molar-refractivity contribution >= 4 is 46.6 Å². The molecule has 1 amide bonds. The monoisotopic (exact) mass is 580 g/mol. The molecule has 9 heteroatoms. The highest BCUT2D eigenvalue weighted by Gasteiger charge is 2.33. The van der Waals surface area contributed by atoms with E-state index in [1.54, 1.807) is 61.5 Å². The Morgan fingerprint density at radius 3 is 2.46 bits per heavy atom. The van der Waals surface area contributed by atoms with Crippen LogP contribution in [0.15, 0.2) is 65.2 Å². The predicted molar refractivity (Wildman–Crippen MR) is 153 cm³/mol. The number of rotatable bonds is 7. The second-order valence-electron chi connectivity index (χ2n) is 9.00. The van der Waals surface area contributed by atoms with E-state index in [4.69, 9.17) is 44.1 Å². The first-order valence-electron chi connectivity index (χ1n) is 12.3. The summed E-state index contributed by atoms with van der Waals surface area (Å²) in [4.78, 5) is 12.7. The maximum atomic E-state index is 11.4. The van der Waals surface area contributed by atoms with Gasteiger partial charge in [-0.25, -0.2) is 4.79 Å². The number of aromatic nitrogens is 1. The van der Waals surface area contributed by atoms with Crippen molar-refractivity contribution in [1.29, 1.82) is 0 Å². The molecule has 39 heavy (non-hydrogen) atoms. The zero-order valence-electron chi connectivity index (χ0n) is 20.9. The number of carbonyl (C=O) groups is 1. The van der Waals surface area contributed by atoms with E-state index in [0.717, 1.165) is 24.2 Å². The Balaban J connectivity index is 1.35. The fraction of sp³-hybridized carbons (Fsp3) is 0.200. The van der Waals surface area contributed by atoms with Crippen LogP contribution in [0.5, 0.6) is 5.75 Å². The molecule has 1 heterocycles. The van der Waals surface area contributed by atoms with Gasteiger partial charge in [0.2, 0.25) is 0 Å². The van der Waals surface area contributed by atoms with E-state index in [2.05, 4.69) is 17.0 Å². The van der Waals surface area contributed by atoms with Crippen LogP contribution in [-0.4, -0.2) is 22.9 Å². The number of nitrogens with zero attached hydrogens (tertiary/aromatic N) is 2. The van der Waals surface area contributed by atoms with Gasteiger partial charge in [0.15, 0.2) is 0 Å². The van der Waals surface area contributed by atoms with E-state index in [1.807, 2.05) is 6.07 Å². The van der Waals surface area contributed by atoms with Gasteiger partial charge in [-0.05, 0) is 62.2 Å². The van der Waals surface area contributed by atoms with Crippen LogP contribution in [0.3, 0.4) is 0 Å². The van der Waals surface area contributed by atoms with Crippen molar-refractivity contribution in [3.05, 3.63) is 98.2 Å². The van der Waals surface area contributed by atoms with Gasteiger partial charge in [-0.1, -0.05) is 63.9 Å². The molecule has 198 valence electrons. The summed E-state index contributed by atoms with van der Waals surface area (Å²) in [5, 5.41) is 15.1. The molecular formula is C30H23Cl3N2O4. The van der Waals surface area contributed by atoms with Crippen LogP contribution < -0.4 is 9.64 Å². The third-order valence-corrected chi connectivity index (χ3v) is 7.28. The van der Waals surface area contributed by atoms with Crippen LogP contribution in [0, 0.1) is 11.8 Å². The van der Waals surface area contributed by atoms with E-state index in [-0.39, 0.29) is 6.61 Å². The van der Waals surface area contributed by atoms with Crippen LogP contribution in [0.4, 0.5) is 10.5 Å². The third kappa shape index (κ3) is 6.02. The van der Waals surface area contributed by atoms with E-state index in [0.29, 0.717) is 61.4 Å². The van der Waals surface area contributed by atoms with Gasteiger partial charge in [0.05, 0.1) is 20.6 Å². The lowest BCUT2D eigenvalue weighted by Gasteiger charge is -2.16. The lowest BCUT2D eigenvalue weighted by atomic mass is 10.0. The molecule has 0 saturated heterocycles. The van der Waals surface area contributed by atoms with Crippen molar-refractivity contribution in [1.82, 2.24) is 5.16 Å². The normalized spacial score (nSPS) is 12.5. The molecular weight excluding hydrogens is 559 g/mol. The van der Waals surface area contributed by atoms with Gasteiger partial charge in [0.1, 0.15) is 23.8 Å². The van der Waals surface area contributed by atoms with Crippen molar-refractivity contribution < 1.29 is 19.2 Å². The second kappa shape index (κ2) is 11.6. The third-order valence-electron chi connectivity index (χ3n) is 6.34. The minimum atomic E-state index is -1.02. The molecule has 0 radical (unpaired) electrons. The largest absolute Gasteiger partial charge is 0.489 e. The Kier molecular flexibility index (Phi) is 8.04. The minimum Gasteiger partial charge on any atom is -0.489 e. The second-order valence-corrected chi connectivity index (χ2v) is 10.2. The molecule has 1 N–H and O–H groups in total. The van der Waals surface area contributed by atoms with E-state index in [9.17, 15) is 9.90 Å². The van der Waals surface area contributed by atoms with Gasteiger partial charge in [-0.3, -0.25) is 4.90 Å². The number of benzene rings is 3.